The number of nitro benzene ring substituents is 1. The summed E-state index contributed by atoms with van der Waals surface area (Å²) in [6.07, 6.45) is 2.78. The number of hydrogen-bond acceptors (Lipinski definition) is 5. The summed E-state index contributed by atoms with van der Waals surface area (Å²) in [6, 6.07) is 22.1. The molecule has 4 rings (SSSR count). The van der Waals surface area contributed by atoms with Gasteiger partial charge in [0.15, 0.2) is 0 Å². The van der Waals surface area contributed by atoms with Gasteiger partial charge in [-0.3, -0.25) is 19.7 Å². The van der Waals surface area contributed by atoms with Gasteiger partial charge in [-0.2, -0.15) is 5.10 Å². The number of benzene rings is 3. The molecule has 2 amide bonds. The molecule has 180 valence electrons. The fourth-order valence-electron chi connectivity index (χ4n) is 3.63. The van der Waals surface area contributed by atoms with Gasteiger partial charge in [-0.1, -0.05) is 30.3 Å². The predicted molar refractivity (Wildman–Crippen MR) is 138 cm³/mol. The fourth-order valence-corrected chi connectivity index (χ4v) is 3.63. The van der Waals surface area contributed by atoms with Crippen LogP contribution < -0.4 is 10.6 Å². The SMILES string of the molecule is Cc1nn(-c2ccccc2)c(C)c1NC(=O)c1ccc(NC(=O)/C=C/c2cccc([N+](=O)[O-])c2)cc1. The number of aromatic nitrogens is 2. The quantitative estimate of drug-likeness (QED) is 0.211. The van der Waals surface area contributed by atoms with Crippen molar-refractivity contribution in [1.29, 1.82) is 0 Å². The molecule has 2 N–H and O–H groups in total. The molecule has 0 aliphatic rings. The Hall–Kier alpha value is -5.05. The zero-order valence-electron chi connectivity index (χ0n) is 19.6. The minimum atomic E-state index is -0.493. The van der Waals surface area contributed by atoms with Crippen molar-refractivity contribution in [3.05, 3.63) is 118 Å². The van der Waals surface area contributed by atoms with Crippen LogP contribution in [0.5, 0.6) is 0 Å². The molecule has 0 aliphatic carbocycles. The van der Waals surface area contributed by atoms with Gasteiger partial charge >= 0.3 is 0 Å². The van der Waals surface area contributed by atoms with Crippen LogP contribution in [-0.4, -0.2) is 26.5 Å². The van der Waals surface area contributed by atoms with E-state index in [-0.39, 0.29) is 11.6 Å². The average Bonchev–Trinajstić information content (AvgIpc) is 3.17. The van der Waals surface area contributed by atoms with Crippen LogP contribution in [0.4, 0.5) is 17.1 Å². The highest BCUT2D eigenvalue weighted by Gasteiger charge is 2.16. The number of amides is 2. The summed E-state index contributed by atoms with van der Waals surface area (Å²) in [5, 5.41) is 21.0. The summed E-state index contributed by atoms with van der Waals surface area (Å²) in [4.78, 5) is 35.5. The predicted octanol–water partition coefficient (Wildman–Crippen LogP) is 5.30. The standard InChI is InChI=1S/C27H23N5O4/c1-18-26(19(2)31(30-18)23-8-4-3-5-9-23)29-27(34)21-12-14-22(15-13-21)28-25(33)16-11-20-7-6-10-24(17-20)32(35)36/h3-17H,1-2H3,(H,28,33)(H,29,34)/b16-11+. The van der Waals surface area contributed by atoms with E-state index in [2.05, 4.69) is 15.7 Å². The van der Waals surface area contributed by atoms with Crippen LogP contribution in [-0.2, 0) is 4.79 Å². The number of hydrogen-bond donors (Lipinski definition) is 2. The normalized spacial score (nSPS) is 10.8. The van der Waals surface area contributed by atoms with Gasteiger partial charge in [0.2, 0.25) is 5.91 Å². The molecule has 0 bridgehead atoms. The summed E-state index contributed by atoms with van der Waals surface area (Å²) >= 11 is 0. The monoisotopic (exact) mass is 481 g/mol. The Balaban J connectivity index is 1.40. The number of rotatable bonds is 7. The zero-order valence-corrected chi connectivity index (χ0v) is 19.6. The molecule has 4 aromatic rings. The van der Waals surface area contributed by atoms with E-state index in [0.717, 1.165) is 11.4 Å². The van der Waals surface area contributed by atoms with E-state index in [9.17, 15) is 19.7 Å². The minimum Gasteiger partial charge on any atom is -0.323 e. The van der Waals surface area contributed by atoms with Crippen LogP contribution in [0.25, 0.3) is 11.8 Å². The maximum Gasteiger partial charge on any atom is 0.270 e. The van der Waals surface area contributed by atoms with E-state index in [1.54, 1.807) is 41.1 Å². The maximum atomic E-state index is 12.8. The van der Waals surface area contributed by atoms with Crippen molar-refractivity contribution < 1.29 is 14.5 Å². The molecule has 0 spiro atoms. The first kappa shape index (κ1) is 24.1. The summed E-state index contributed by atoms with van der Waals surface area (Å²) in [5.74, 6) is -0.699. The van der Waals surface area contributed by atoms with Crippen LogP contribution in [0.1, 0.15) is 27.3 Å². The minimum absolute atomic E-state index is 0.0516. The van der Waals surface area contributed by atoms with E-state index in [1.165, 1.54) is 24.3 Å². The van der Waals surface area contributed by atoms with Crippen LogP contribution >= 0.6 is 0 Å². The highest BCUT2D eigenvalue weighted by molar-refractivity contribution is 6.06. The van der Waals surface area contributed by atoms with Gasteiger partial charge in [-0.15, -0.1) is 0 Å². The molecule has 0 fully saturated rings. The number of nitro groups is 1. The van der Waals surface area contributed by atoms with Crippen molar-refractivity contribution in [1.82, 2.24) is 9.78 Å². The molecule has 3 aromatic carbocycles. The third-order valence-corrected chi connectivity index (χ3v) is 5.45. The van der Waals surface area contributed by atoms with Crippen LogP contribution in [0.15, 0.2) is 84.9 Å². The molecule has 0 radical (unpaired) electrons. The molecule has 9 heteroatoms. The molecular weight excluding hydrogens is 458 g/mol. The molecule has 0 saturated carbocycles. The Labute approximate surface area is 207 Å². The third-order valence-electron chi connectivity index (χ3n) is 5.45. The first-order valence-electron chi connectivity index (χ1n) is 11.1. The first-order valence-corrected chi connectivity index (χ1v) is 11.1. The number of non-ortho nitro benzene ring substituents is 1. The van der Waals surface area contributed by atoms with Crippen molar-refractivity contribution in [2.24, 2.45) is 0 Å². The molecule has 1 heterocycles. The molecule has 36 heavy (non-hydrogen) atoms. The van der Waals surface area contributed by atoms with E-state index in [1.807, 2.05) is 44.2 Å². The van der Waals surface area contributed by atoms with Gasteiger partial charge in [-0.25, -0.2) is 4.68 Å². The Morgan fingerprint density at radius 1 is 0.944 bits per heavy atom. The van der Waals surface area contributed by atoms with E-state index < -0.39 is 10.8 Å². The zero-order chi connectivity index (χ0) is 25.7. The van der Waals surface area contributed by atoms with Crippen LogP contribution in [0.3, 0.4) is 0 Å². The van der Waals surface area contributed by atoms with E-state index in [0.29, 0.717) is 28.2 Å². The van der Waals surface area contributed by atoms with E-state index >= 15 is 0 Å². The lowest BCUT2D eigenvalue weighted by molar-refractivity contribution is -0.384. The summed E-state index contributed by atoms with van der Waals surface area (Å²) in [7, 11) is 0. The largest absolute Gasteiger partial charge is 0.323 e. The average molecular weight is 482 g/mol. The van der Waals surface area contributed by atoms with Gasteiger partial charge in [0.25, 0.3) is 11.6 Å². The van der Waals surface area contributed by atoms with Gasteiger partial charge in [0, 0.05) is 29.5 Å². The van der Waals surface area contributed by atoms with Crippen molar-refractivity contribution in [3.63, 3.8) is 0 Å². The Kier molecular flexibility index (Phi) is 7.01. The highest BCUT2D eigenvalue weighted by Crippen LogP contribution is 2.23. The number of anilines is 2. The van der Waals surface area contributed by atoms with Crippen molar-refractivity contribution in [2.75, 3.05) is 10.6 Å². The summed E-state index contributed by atoms with van der Waals surface area (Å²) in [5.41, 5.74) is 4.47. The second-order valence-electron chi connectivity index (χ2n) is 8.00. The molecule has 0 atom stereocenters. The number of carbonyl (C=O) groups excluding carboxylic acids is 2. The Morgan fingerprint density at radius 2 is 1.67 bits per heavy atom. The molecule has 0 saturated heterocycles. The molecular formula is C27H23N5O4. The molecule has 1 aromatic heterocycles. The first-order chi connectivity index (χ1) is 17.3. The van der Waals surface area contributed by atoms with Crippen LogP contribution in [0, 0.1) is 24.0 Å². The Morgan fingerprint density at radius 3 is 2.36 bits per heavy atom. The number of para-hydroxylation sites is 1. The highest BCUT2D eigenvalue weighted by atomic mass is 16.6. The summed E-state index contributed by atoms with van der Waals surface area (Å²) in [6.45, 7) is 3.73. The van der Waals surface area contributed by atoms with Gasteiger partial charge in [-0.05, 0) is 61.9 Å². The second kappa shape index (κ2) is 10.5. The van der Waals surface area contributed by atoms with Gasteiger partial charge in [0.05, 0.1) is 27.7 Å². The van der Waals surface area contributed by atoms with Crippen molar-refractivity contribution >= 4 is 35.0 Å². The lowest BCUT2D eigenvalue weighted by atomic mass is 10.1. The maximum absolute atomic E-state index is 12.8. The van der Waals surface area contributed by atoms with Crippen molar-refractivity contribution in [3.8, 4) is 5.69 Å². The summed E-state index contributed by atoms with van der Waals surface area (Å²) < 4.78 is 1.78. The molecule has 0 aliphatic heterocycles. The number of nitrogens with zero attached hydrogens (tertiary/aromatic N) is 3. The Bertz CT molecular complexity index is 1460. The van der Waals surface area contributed by atoms with Gasteiger partial charge in [0.1, 0.15) is 0 Å². The van der Waals surface area contributed by atoms with Crippen LogP contribution in [0.2, 0.25) is 0 Å². The molecule has 0 unspecified atom stereocenters. The number of nitrogens with one attached hydrogen (secondary N) is 2. The third kappa shape index (κ3) is 5.53. The fraction of sp³-hybridized carbons (Fsp3) is 0.0741. The van der Waals surface area contributed by atoms with Gasteiger partial charge < -0.3 is 10.6 Å². The van der Waals surface area contributed by atoms with Crippen molar-refractivity contribution in [2.45, 2.75) is 13.8 Å². The number of aryl methyl sites for hydroxylation is 1. The smallest absolute Gasteiger partial charge is 0.270 e. The number of carbonyl (C=O) groups is 2. The lowest BCUT2D eigenvalue weighted by Gasteiger charge is -2.08. The second-order valence-corrected chi connectivity index (χ2v) is 8.00. The van der Waals surface area contributed by atoms with E-state index in [4.69, 9.17) is 0 Å². The lowest BCUT2D eigenvalue weighted by Crippen LogP contribution is -2.13. The molecule has 9 nitrogen and oxygen atoms in total. The topological polar surface area (TPSA) is 119 Å².